The van der Waals surface area contributed by atoms with Crippen molar-refractivity contribution in [2.45, 2.75) is 32.4 Å². The van der Waals surface area contributed by atoms with Gasteiger partial charge in [-0.25, -0.2) is 0 Å². The number of carbonyl (C=O) groups is 2. The Balaban J connectivity index is 0.00000106. The topological polar surface area (TPSA) is 49.4 Å². The van der Waals surface area contributed by atoms with Gasteiger partial charge in [0.2, 0.25) is 11.8 Å². The summed E-state index contributed by atoms with van der Waals surface area (Å²) in [6.07, 6.45) is 0.367. The van der Waals surface area contributed by atoms with E-state index in [4.69, 9.17) is 0 Å². The molecule has 0 aliphatic carbocycles. The highest BCUT2D eigenvalue weighted by atomic mass is 32.2. The summed E-state index contributed by atoms with van der Waals surface area (Å²) in [5.41, 5.74) is 0. The second-order valence-corrected chi connectivity index (χ2v) is 4.52. The zero-order valence-corrected chi connectivity index (χ0v) is 11.4. The lowest BCUT2D eigenvalue weighted by atomic mass is 10.4. The fraction of sp³-hybridized carbons (Fsp3) is 0.818. The van der Waals surface area contributed by atoms with Gasteiger partial charge in [0.1, 0.15) is 0 Å². The van der Waals surface area contributed by atoms with Crippen LogP contribution in [0.5, 0.6) is 0 Å². The standard InChI is InChI=1S/C9H16N2O2S.C2H6/c1-3-10-4-5-14-7-6-8(12)11(2)9(7)13;1-2/h7,10H,3-6H2,1-2H3;1-2H3. The van der Waals surface area contributed by atoms with Crippen molar-refractivity contribution in [2.75, 3.05) is 25.9 Å². The lowest BCUT2D eigenvalue weighted by Crippen LogP contribution is -2.27. The summed E-state index contributed by atoms with van der Waals surface area (Å²) in [6.45, 7) is 7.88. The summed E-state index contributed by atoms with van der Waals surface area (Å²) < 4.78 is 0. The molecule has 0 radical (unpaired) electrons. The van der Waals surface area contributed by atoms with Gasteiger partial charge in [-0.05, 0) is 6.54 Å². The van der Waals surface area contributed by atoms with Crippen LogP contribution in [-0.4, -0.2) is 47.9 Å². The van der Waals surface area contributed by atoms with Crippen LogP contribution in [-0.2, 0) is 9.59 Å². The number of thioether (sulfide) groups is 1. The lowest BCUT2D eigenvalue weighted by Gasteiger charge is -2.08. The van der Waals surface area contributed by atoms with E-state index in [9.17, 15) is 9.59 Å². The molecule has 5 heteroatoms. The fourth-order valence-electron chi connectivity index (χ4n) is 1.30. The Morgan fingerprint density at radius 2 is 2.06 bits per heavy atom. The molecule has 0 aromatic rings. The number of likely N-dealkylation sites (tertiary alicyclic amines) is 1. The molecule has 94 valence electrons. The first-order valence-corrected chi connectivity index (χ1v) is 6.84. The van der Waals surface area contributed by atoms with Gasteiger partial charge in [-0.3, -0.25) is 14.5 Å². The third kappa shape index (κ3) is 4.53. The minimum absolute atomic E-state index is 0.0449. The number of amides is 2. The van der Waals surface area contributed by atoms with E-state index in [-0.39, 0.29) is 17.1 Å². The minimum Gasteiger partial charge on any atom is -0.316 e. The van der Waals surface area contributed by atoms with Crippen LogP contribution in [0.3, 0.4) is 0 Å². The summed E-state index contributed by atoms with van der Waals surface area (Å²) in [5, 5.41) is 3.03. The molecule has 2 amide bonds. The van der Waals surface area contributed by atoms with Gasteiger partial charge >= 0.3 is 0 Å². The predicted octanol–water partition coefficient (Wildman–Crippen LogP) is 1.11. The Kier molecular flexibility index (Phi) is 8.29. The Morgan fingerprint density at radius 3 is 2.50 bits per heavy atom. The van der Waals surface area contributed by atoms with E-state index in [1.54, 1.807) is 18.8 Å². The van der Waals surface area contributed by atoms with Crippen LogP contribution in [0.2, 0.25) is 0 Å². The van der Waals surface area contributed by atoms with Crippen molar-refractivity contribution in [1.29, 1.82) is 0 Å². The molecular weight excluding hydrogens is 224 g/mol. The predicted molar refractivity (Wildman–Crippen MR) is 68.5 cm³/mol. The van der Waals surface area contributed by atoms with Gasteiger partial charge in [-0.15, -0.1) is 11.8 Å². The maximum Gasteiger partial charge on any atom is 0.242 e. The quantitative estimate of drug-likeness (QED) is 0.583. The molecule has 1 N–H and O–H groups in total. The second-order valence-electron chi connectivity index (χ2n) is 3.21. The zero-order valence-electron chi connectivity index (χ0n) is 10.6. The van der Waals surface area contributed by atoms with Gasteiger partial charge in [0, 0.05) is 25.8 Å². The SMILES string of the molecule is CC.CCNCCSC1CC(=O)N(C)C1=O. The average molecular weight is 246 g/mol. The summed E-state index contributed by atoms with van der Waals surface area (Å²) in [5.74, 6) is 0.776. The van der Waals surface area contributed by atoms with Gasteiger partial charge in [-0.2, -0.15) is 0 Å². The molecule has 0 aromatic carbocycles. The first-order chi connectivity index (χ1) is 7.66. The zero-order chi connectivity index (χ0) is 12.6. The molecule has 1 heterocycles. The normalized spacial score (nSPS) is 19.8. The number of nitrogens with one attached hydrogen (secondary N) is 1. The van der Waals surface area contributed by atoms with E-state index in [1.165, 1.54) is 4.90 Å². The van der Waals surface area contributed by atoms with Gasteiger partial charge in [0.05, 0.1) is 5.25 Å². The molecule has 0 spiro atoms. The smallest absolute Gasteiger partial charge is 0.242 e. The maximum absolute atomic E-state index is 11.4. The fourth-order valence-corrected chi connectivity index (χ4v) is 2.41. The van der Waals surface area contributed by atoms with E-state index in [1.807, 2.05) is 20.8 Å². The van der Waals surface area contributed by atoms with Crippen molar-refractivity contribution in [1.82, 2.24) is 10.2 Å². The number of carbonyl (C=O) groups excluding carboxylic acids is 2. The first-order valence-electron chi connectivity index (χ1n) is 5.79. The van der Waals surface area contributed by atoms with E-state index in [0.29, 0.717) is 6.42 Å². The molecule has 4 nitrogen and oxygen atoms in total. The molecular formula is C11H22N2O2S. The third-order valence-electron chi connectivity index (χ3n) is 2.19. The molecule has 0 saturated carbocycles. The molecule has 1 rings (SSSR count). The van der Waals surface area contributed by atoms with Crippen LogP contribution in [0.1, 0.15) is 27.2 Å². The summed E-state index contributed by atoms with van der Waals surface area (Å²) >= 11 is 1.57. The molecule has 1 atom stereocenters. The van der Waals surface area contributed by atoms with Crippen molar-refractivity contribution in [3.8, 4) is 0 Å². The third-order valence-corrected chi connectivity index (χ3v) is 3.40. The van der Waals surface area contributed by atoms with E-state index < -0.39 is 0 Å². The van der Waals surface area contributed by atoms with Gasteiger partial charge in [0.15, 0.2) is 0 Å². The van der Waals surface area contributed by atoms with Gasteiger partial charge in [0.25, 0.3) is 0 Å². The maximum atomic E-state index is 11.4. The van der Waals surface area contributed by atoms with Crippen LogP contribution in [0.4, 0.5) is 0 Å². The van der Waals surface area contributed by atoms with Crippen LogP contribution >= 0.6 is 11.8 Å². The van der Waals surface area contributed by atoms with Crippen LogP contribution in [0.15, 0.2) is 0 Å². The molecule has 0 aromatic heterocycles. The molecule has 1 aliphatic rings. The first kappa shape index (κ1) is 15.4. The number of nitrogens with zero attached hydrogens (tertiary/aromatic N) is 1. The van der Waals surface area contributed by atoms with Crippen LogP contribution < -0.4 is 5.32 Å². The molecule has 1 aliphatic heterocycles. The number of hydrogen-bond donors (Lipinski definition) is 1. The second kappa shape index (κ2) is 8.58. The average Bonchev–Trinajstić information content (AvgIpc) is 2.55. The monoisotopic (exact) mass is 246 g/mol. The minimum atomic E-state index is -0.147. The van der Waals surface area contributed by atoms with Crippen LogP contribution in [0, 0.1) is 0 Å². The largest absolute Gasteiger partial charge is 0.316 e. The highest BCUT2D eigenvalue weighted by Crippen LogP contribution is 2.23. The van der Waals surface area contributed by atoms with Gasteiger partial charge < -0.3 is 5.32 Å². The van der Waals surface area contributed by atoms with E-state index in [2.05, 4.69) is 5.32 Å². The summed E-state index contributed by atoms with van der Waals surface area (Å²) in [7, 11) is 1.55. The van der Waals surface area contributed by atoms with Crippen molar-refractivity contribution in [3.63, 3.8) is 0 Å². The highest BCUT2D eigenvalue weighted by molar-refractivity contribution is 8.00. The molecule has 0 bridgehead atoms. The molecule has 16 heavy (non-hydrogen) atoms. The Bertz CT molecular complexity index is 234. The Morgan fingerprint density at radius 1 is 1.44 bits per heavy atom. The van der Waals surface area contributed by atoms with Gasteiger partial charge in [-0.1, -0.05) is 20.8 Å². The van der Waals surface area contributed by atoms with Crippen molar-refractivity contribution >= 4 is 23.6 Å². The van der Waals surface area contributed by atoms with E-state index >= 15 is 0 Å². The highest BCUT2D eigenvalue weighted by Gasteiger charge is 2.35. The lowest BCUT2D eigenvalue weighted by molar-refractivity contribution is -0.136. The van der Waals surface area contributed by atoms with Crippen molar-refractivity contribution in [3.05, 3.63) is 0 Å². The summed E-state index contributed by atoms with van der Waals surface area (Å²) in [6, 6.07) is 0. The molecule has 1 unspecified atom stereocenters. The molecule has 1 saturated heterocycles. The number of imide groups is 1. The number of rotatable bonds is 5. The Labute approximate surface area is 102 Å². The van der Waals surface area contributed by atoms with Crippen LogP contribution in [0.25, 0.3) is 0 Å². The Hall–Kier alpha value is -0.550. The number of hydrogen-bond acceptors (Lipinski definition) is 4. The van der Waals surface area contributed by atoms with E-state index in [0.717, 1.165) is 18.8 Å². The molecule has 1 fully saturated rings. The summed E-state index contributed by atoms with van der Waals surface area (Å²) in [4.78, 5) is 23.8. The van der Waals surface area contributed by atoms with Crippen molar-refractivity contribution < 1.29 is 9.59 Å². The van der Waals surface area contributed by atoms with Crippen molar-refractivity contribution in [2.24, 2.45) is 0 Å².